The lowest BCUT2D eigenvalue weighted by atomic mass is 9.85. The minimum Gasteiger partial charge on any atom is -0.377 e. The van der Waals surface area contributed by atoms with Gasteiger partial charge in [-0.05, 0) is 25.7 Å². The molecule has 0 aromatic carbocycles. The first kappa shape index (κ1) is 13.1. The number of ether oxygens (including phenoxy) is 1. The minimum absolute atomic E-state index is 0.560. The normalized spacial score (nSPS) is 24.8. The molecular formula is C14H24N4O. The molecule has 1 fully saturated rings. The number of aromatic nitrogens is 3. The predicted molar refractivity (Wildman–Crippen MR) is 72.8 cm³/mol. The van der Waals surface area contributed by atoms with Gasteiger partial charge in [-0.3, -0.25) is 4.90 Å². The summed E-state index contributed by atoms with van der Waals surface area (Å²) in [5.41, 5.74) is 0. The van der Waals surface area contributed by atoms with Crippen LogP contribution in [0.5, 0.6) is 0 Å². The van der Waals surface area contributed by atoms with Crippen LogP contribution in [0.3, 0.4) is 0 Å². The molecule has 1 aromatic rings. The van der Waals surface area contributed by atoms with E-state index in [1.54, 1.807) is 7.11 Å². The molecule has 5 nitrogen and oxygen atoms in total. The van der Waals surface area contributed by atoms with E-state index in [1.165, 1.54) is 25.8 Å². The molecule has 0 amide bonds. The van der Waals surface area contributed by atoms with Crippen LogP contribution < -0.4 is 0 Å². The van der Waals surface area contributed by atoms with E-state index < -0.39 is 0 Å². The van der Waals surface area contributed by atoms with E-state index in [9.17, 15) is 0 Å². The van der Waals surface area contributed by atoms with Crippen LogP contribution in [0.2, 0.25) is 0 Å². The van der Waals surface area contributed by atoms with Crippen molar-refractivity contribution in [1.29, 1.82) is 0 Å². The van der Waals surface area contributed by atoms with Crippen LogP contribution in [-0.4, -0.2) is 45.9 Å². The summed E-state index contributed by atoms with van der Waals surface area (Å²) in [6, 6.07) is 0.571. The molecule has 0 spiro atoms. The Hall–Kier alpha value is -0.940. The molecule has 1 aromatic heterocycles. The molecule has 3 rings (SSSR count). The van der Waals surface area contributed by atoms with E-state index in [0.29, 0.717) is 12.6 Å². The first-order valence-electron chi connectivity index (χ1n) is 7.42. The molecule has 0 unspecified atom stereocenters. The van der Waals surface area contributed by atoms with Crippen LogP contribution in [0.4, 0.5) is 0 Å². The standard InChI is InChI=1S/C14H24N4O/c1-11-8-13-15-16-14(10-19-2)18(13)7-6-17(11)9-12-4-3-5-12/h11-12H,3-10H2,1-2H3/t11-/m0/s1. The molecule has 1 aliphatic carbocycles. The Balaban J connectivity index is 1.69. The summed E-state index contributed by atoms with van der Waals surface area (Å²) >= 11 is 0. The van der Waals surface area contributed by atoms with E-state index in [4.69, 9.17) is 4.74 Å². The van der Waals surface area contributed by atoms with Gasteiger partial charge in [-0.2, -0.15) is 0 Å². The topological polar surface area (TPSA) is 43.2 Å². The summed E-state index contributed by atoms with van der Waals surface area (Å²) in [4.78, 5) is 2.63. The molecule has 1 atom stereocenters. The van der Waals surface area contributed by atoms with Crippen molar-refractivity contribution in [2.45, 2.75) is 51.8 Å². The third-order valence-electron chi connectivity index (χ3n) is 4.61. The zero-order valence-corrected chi connectivity index (χ0v) is 12.0. The zero-order chi connectivity index (χ0) is 13.2. The molecule has 2 aliphatic rings. The molecule has 106 valence electrons. The SMILES string of the molecule is COCc1nnc2n1CCN(CC1CCC1)[C@@H](C)C2. The van der Waals surface area contributed by atoms with Crippen LogP contribution in [0.25, 0.3) is 0 Å². The van der Waals surface area contributed by atoms with Gasteiger partial charge in [-0.1, -0.05) is 6.42 Å². The average Bonchev–Trinajstić information content (AvgIpc) is 2.63. The maximum Gasteiger partial charge on any atom is 0.159 e. The fraction of sp³-hybridized carbons (Fsp3) is 0.857. The van der Waals surface area contributed by atoms with Gasteiger partial charge in [-0.25, -0.2) is 0 Å². The second-order valence-corrected chi connectivity index (χ2v) is 5.96. The minimum atomic E-state index is 0.560. The lowest BCUT2D eigenvalue weighted by Gasteiger charge is -2.34. The maximum absolute atomic E-state index is 5.20. The maximum atomic E-state index is 5.20. The summed E-state index contributed by atoms with van der Waals surface area (Å²) in [6.07, 6.45) is 5.27. The first-order chi connectivity index (χ1) is 9.28. The number of fused-ring (bicyclic) bond motifs is 1. The van der Waals surface area contributed by atoms with Gasteiger partial charge in [0.25, 0.3) is 0 Å². The number of hydrogen-bond acceptors (Lipinski definition) is 4. The van der Waals surface area contributed by atoms with Crippen LogP contribution in [0, 0.1) is 5.92 Å². The summed E-state index contributed by atoms with van der Waals surface area (Å²) < 4.78 is 7.45. The second-order valence-electron chi connectivity index (χ2n) is 5.96. The van der Waals surface area contributed by atoms with Crippen molar-refractivity contribution < 1.29 is 4.74 Å². The third kappa shape index (κ3) is 2.67. The van der Waals surface area contributed by atoms with Gasteiger partial charge in [0.1, 0.15) is 12.4 Å². The second kappa shape index (κ2) is 5.59. The summed E-state index contributed by atoms with van der Waals surface area (Å²) in [5.74, 6) is 3.02. The van der Waals surface area contributed by atoms with Gasteiger partial charge in [-0.15, -0.1) is 10.2 Å². The summed E-state index contributed by atoms with van der Waals surface area (Å²) in [6.45, 7) is 6.25. The molecule has 19 heavy (non-hydrogen) atoms. The van der Waals surface area contributed by atoms with Crippen molar-refractivity contribution in [1.82, 2.24) is 19.7 Å². The van der Waals surface area contributed by atoms with Gasteiger partial charge in [0.15, 0.2) is 5.82 Å². The quantitative estimate of drug-likeness (QED) is 0.826. The van der Waals surface area contributed by atoms with Crippen molar-refractivity contribution in [2.24, 2.45) is 5.92 Å². The average molecular weight is 264 g/mol. The largest absolute Gasteiger partial charge is 0.377 e. The van der Waals surface area contributed by atoms with Gasteiger partial charge >= 0.3 is 0 Å². The molecule has 2 heterocycles. The van der Waals surface area contributed by atoms with Gasteiger partial charge in [0.2, 0.25) is 0 Å². The van der Waals surface area contributed by atoms with Gasteiger partial charge < -0.3 is 9.30 Å². The Bertz CT molecular complexity index is 427. The highest BCUT2D eigenvalue weighted by atomic mass is 16.5. The Kier molecular flexibility index (Phi) is 3.84. The zero-order valence-electron chi connectivity index (χ0n) is 12.0. The van der Waals surface area contributed by atoms with Crippen LogP contribution in [0.1, 0.15) is 37.8 Å². The van der Waals surface area contributed by atoms with Crippen molar-refractivity contribution in [3.63, 3.8) is 0 Å². The van der Waals surface area contributed by atoms with E-state index >= 15 is 0 Å². The number of hydrogen-bond donors (Lipinski definition) is 0. The fourth-order valence-corrected chi connectivity index (χ4v) is 3.14. The summed E-state index contributed by atoms with van der Waals surface area (Å²) in [5, 5.41) is 8.59. The molecule has 0 saturated heterocycles. The fourth-order valence-electron chi connectivity index (χ4n) is 3.14. The van der Waals surface area contributed by atoms with E-state index in [0.717, 1.165) is 37.1 Å². The van der Waals surface area contributed by atoms with E-state index in [1.807, 2.05) is 0 Å². The van der Waals surface area contributed by atoms with Crippen LogP contribution in [0.15, 0.2) is 0 Å². The van der Waals surface area contributed by atoms with E-state index in [-0.39, 0.29) is 0 Å². The monoisotopic (exact) mass is 264 g/mol. The Labute approximate surface area is 114 Å². The molecule has 1 saturated carbocycles. The highest BCUT2D eigenvalue weighted by Gasteiger charge is 2.27. The highest BCUT2D eigenvalue weighted by molar-refractivity contribution is 5.00. The third-order valence-corrected chi connectivity index (χ3v) is 4.61. The number of nitrogens with zero attached hydrogens (tertiary/aromatic N) is 4. The molecule has 0 N–H and O–H groups in total. The first-order valence-corrected chi connectivity index (χ1v) is 7.42. The Morgan fingerprint density at radius 3 is 2.79 bits per heavy atom. The lowest BCUT2D eigenvalue weighted by Crippen LogP contribution is -2.40. The smallest absolute Gasteiger partial charge is 0.159 e. The molecular weight excluding hydrogens is 240 g/mol. The van der Waals surface area contributed by atoms with Crippen molar-refractivity contribution in [2.75, 3.05) is 20.2 Å². The molecule has 5 heteroatoms. The Morgan fingerprint density at radius 1 is 1.26 bits per heavy atom. The van der Waals surface area contributed by atoms with Gasteiger partial charge in [0, 0.05) is 39.2 Å². The molecule has 0 bridgehead atoms. The summed E-state index contributed by atoms with van der Waals surface area (Å²) in [7, 11) is 1.71. The van der Waals surface area contributed by atoms with Crippen LogP contribution >= 0.6 is 0 Å². The van der Waals surface area contributed by atoms with Crippen molar-refractivity contribution >= 4 is 0 Å². The van der Waals surface area contributed by atoms with Gasteiger partial charge in [0.05, 0.1) is 0 Å². The number of rotatable bonds is 4. The Morgan fingerprint density at radius 2 is 2.11 bits per heavy atom. The van der Waals surface area contributed by atoms with Crippen LogP contribution in [-0.2, 0) is 24.3 Å². The predicted octanol–water partition coefficient (Wildman–Crippen LogP) is 1.47. The highest BCUT2D eigenvalue weighted by Crippen LogP contribution is 2.28. The van der Waals surface area contributed by atoms with E-state index in [2.05, 4.69) is 26.6 Å². The number of methoxy groups -OCH3 is 1. The molecule has 0 radical (unpaired) electrons. The van der Waals surface area contributed by atoms with Crippen molar-refractivity contribution in [3.8, 4) is 0 Å². The van der Waals surface area contributed by atoms with Crippen molar-refractivity contribution in [3.05, 3.63) is 11.6 Å². The molecule has 1 aliphatic heterocycles. The lowest BCUT2D eigenvalue weighted by molar-refractivity contribution is 0.139.